The van der Waals surface area contributed by atoms with Crippen molar-refractivity contribution in [1.82, 2.24) is 14.3 Å². The fraction of sp³-hybridized carbons (Fsp3) is 0.400. The van der Waals surface area contributed by atoms with Gasteiger partial charge in [0, 0.05) is 35.9 Å². The van der Waals surface area contributed by atoms with E-state index < -0.39 is 0 Å². The number of imidazole rings is 1. The van der Waals surface area contributed by atoms with Gasteiger partial charge in [0.25, 0.3) is 0 Å². The minimum absolute atomic E-state index is 0.223. The molecule has 0 aliphatic carbocycles. The van der Waals surface area contributed by atoms with Crippen LogP contribution in [-0.4, -0.2) is 39.9 Å². The summed E-state index contributed by atoms with van der Waals surface area (Å²) in [6, 6.07) is 7.98. The van der Waals surface area contributed by atoms with Crippen LogP contribution < -0.4 is 4.74 Å². The number of fused-ring (bicyclic) bond motifs is 1. The molecule has 6 heteroatoms. The van der Waals surface area contributed by atoms with Gasteiger partial charge in [-0.2, -0.15) is 0 Å². The highest BCUT2D eigenvalue weighted by molar-refractivity contribution is 7.15. The zero-order chi connectivity index (χ0) is 17.9. The third-order valence-corrected chi connectivity index (χ3v) is 5.67. The molecule has 26 heavy (non-hydrogen) atoms. The molecule has 1 fully saturated rings. The van der Waals surface area contributed by atoms with Gasteiger partial charge in [-0.3, -0.25) is 9.20 Å². The molecule has 0 N–H and O–H groups in total. The lowest BCUT2D eigenvalue weighted by atomic mass is 10.1. The maximum atomic E-state index is 12.6. The van der Waals surface area contributed by atoms with Crippen molar-refractivity contribution in [2.75, 3.05) is 19.7 Å². The third kappa shape index (κ3) is 3.46. The molecule has 1 aliphatic rings. The first kappa shape index (κ1) is 17.1. The summed E-state index contributed by atoms with van der Waals surface area (Å²) in [4.78, 5) is 20.2. The van der Waals surface area contributed by atoms with Crippen LogP contribution in [0.25, 0.3) is 16.2 Å². The van der Waals surface area contributed by atoms with E-state index in [0.29, 0.717) is 13.0 Å². The monoisotopic (exact) mass is 369 g/mol. The average molecular weight is 369 g/mol. The molecule has 3 heterocycles. The van der Waals surface area contributed by atoms with E-state index in [9.17, 15) is 4.79 Å². The van der Waals surface area contributed by atoms with E-state index in [2.05, 4.69) is 4.40 Å². The SMILES string of the molecule is CCOc1ccc(-c2cn3c(CC(=O)N4CCCCC4)csc3n2)cc1. The first-order valence-electron chi connectivity index (χ1n) is 9.21. The van der Waals surface area contributed by atoms with Crippen LogP contribution in [0.4, 0.5) is 0 Å². The van der Waals surface area contributed by atoms with E-state index in [1.807, 2.05) is 47.7 Å². The first-order chi connectivity index (χ1) is 12.7. The number of likely N-dealkylation sites (tertiary alicyclic amines) is 1. The smallest absolute Gasteiger partial charge is 0.228 e. The summed E-state index contributed by atoms with van der Waals surface area (Å²) in [6.45, 7) is 4.43. The Balaban J connectivity index is 1.53. The second-order valence-corrected chi connectivity index (χ2v) is 7.42. The summed E-state index contributed by atoms with van der Waals surface area (Å²) in [7, 11) is 0. The van der Waals surface area contributed by atoms with Gasteiger partial charge in [0.2, 0.25) is 5.91 Å². The third-order valence-electron chi connectivity index (χ3n) is 4.79. The van der Waals surface area contributed by atoms with Crippen LogP contribution in [0.5, 0.6) is 5.75 Å². The normalized spacial score (nSPS) is 14.7. The molecule has 0 atom stereocenters. The van der Waals surface area contributed by atoms with E-state index in [1.165, 1.54) is 6.42 Å². The molecule has 0 spiro atoms. The van der Waals surface area contributed by atoms with E-state index in [1.54, 1.807) is 11.3 Å². The molecule has 0 radical (unpaired) electrons. The molecule has 1 aromatic carbocycles. The highest BCUT2D eigenvalue weighted by Gasteiger charge is 2.19. The fourth-order valence-electron chi connectivity index (χ4n) is 3.39. The maximum Gasteiger partial charge on any atom is 0.228 e. The van der Waals surface area contributed by atoms with Gasteiger partial charge in [-0.05, 0) is 50.5 Å². The number of hydrogen-bond acceptors (Lipinski definition) is 4. The average Bonchev–Trinajstić information content (AvgIpc) is 3.25. The van der Waals surface area contributed by atoms with E-state index in [4.69, 9.17) is 9.72 Å². The van der Waals surface area contributed by atoms with Gasteiger partial charge in [-0.25, -0.2) is 4.98 Å². The summed E-state index contributed by atoms with van der Waals surface area (Å²) in [5.41, 5.74) is 2.99. The van der Waals surface area contributed by atoms with Gasteiger partial charge >= 0.3 is 0 Å². The predicted molar refractivity (Wildman–Crippen MR) is 104 cm³/mol. The van der Waals surface area contributed by atoms with Crippen molar-refractivity contribution >= 4 is 22.2 Å². The molecule has 3 aromatic rings. The second-order valence-electron chi connectivity index (χ2n) is 6.58. The van der Waals surface area contributed by atoms with Crippen LogP contribution in [0, 0.1) is 0 Å². The number of nitrogens with zero attached hydrogens (tertiary/aromatic N) is 3. The lowest BCUT2D eigenvalue weighted by Crippen LogP contribution is -2.36. The Morgan fingerprint density at radius 3 is 2.69 bits per heavy atom. The number of carbonyl (C=O) groups excluding carboxylic acids is 1. The number of aromatic nitrogens is 2. The number of hydrogen-bond donors (Lipinski definition) is 0. The van der Waals surface area contributed by atoms with Crippen molar-refractivity contribution in [2.45, 2.75) is 32.6 Å². The van der Waals surface area contributed by atoms with Gasteiger partial charge in [-0.1, -0.05) is 0 Å². The predicted octanol–water partition coefficient (Wildman–Crippen LogP) is 4.02. The molecule has 0 unspecified atom stereocenters. The molecule has 1 saturated heterocycles. The molecule has 4 rings (SSSR count). The second kappa shape index (κ2) is 7.50. The summed E-state index contributed by atoms with van der Waals surface area (Å²) < 4.78 is 7.55. The standard InChI is InChI=1S/C20H23N3O2S/c1-2-25-17-8-6-15(7-9-17)18-13-23-16(14-26-20(23)21-18)12-19(24)22-10-4-3-5-11-22/h6-9,13-14H,2-5,10-12H2,1H3. The number of carbonyl (C=O) groups is 1. The molecule has 5 nitrogen and oxygen atoms in total. The number of benzene rings is 1. The van der Waals surface area contributed by atoms with Crippen molar-refractivity contribution in [3.63, 3.8) is 0 Å². The molecule has 136 valence electrons. The number of piperidine rings is 1. The van der Waals surface area contributed by atoms with Crippen molar-refractivity contribution in [3.05, 3.63) is 41.5 Å². The quantitative estimate of drug-likeness (QED) is 0.682. The number of rotatable bonds is 5. The summed E-state index contributed by atoms with van der Waals surface area (Å²) in [5, 5.41) is 2.05. The van der Waals surface area contributed by atoms with Gasteiger partial charge in [0.1, 0.15) is 5.75 Å². The molecule has 0 saturated carbocycles. The Morgan fingerprint density at radius 2 is 1.96 bits per heavy atom. The topological polar surface area (TPSA) is 46.8 Å². The summed E-state index contributed by atoms with van der Waals surface area (Å²) >= 11 is 1.59. The lowest BCUT2D eigenvalue weighted by molar-refractivity contribution is -0.131. The maximum absolute atomic E-state index is 12.6. The van der Waals surface area contributed by atoms with Crippen molar-refractivity contribution in [3.8, 4) is 17.0 Å². The Labute approximate surface area is 157 Å². The Hall–Kier alpha value is -2.34. The minimum atomic E-state index is 0.223. The lowest BCUT2D eigenvalue weighted by Gasteiger charge is -2.26. The molecule has 1 amide bonds. The van der Waals surface area contributed by atoms with Crippen LogP contribution in [0.1, 0.15) is 31.9 Å². The van der Waals surface area contributed by atoms with Gasteiger partial charge in [0.05, 0.1) is 18.7 Å². The van der Waals surface area contributed by atoms with Crippen LogP contribution in [0.15, 0.2) is 35.8 Å². The van der Waals surface area contributed by atoms with Gasteiger partial charge < -0.3 is 9.64 Å². The zero-order valence-corrected chi connectivity index (χ0v) is 15.8. The molecule has 1 aliphatic heterocycles. The summed E-state index contributed by atoms with van der Waals surface area (Å²) in [6.07, 6.45) is 5.95. The van der Waals surface area contributed by atoms with Crippen LogP contribution in [0.2, 0.25) is 0 Å². The Kier molecular flexibility index (Phi) is 4.93. The largest absolute Gasteiger partial charge is 0.494 e. The van der Waals surface area contributed by atoms with Crippen molar-refractivity contribution < 1.29 is 9.53 Å². The highest BCUT2D eigenvalue weighted by atomic mass is 32.1. The Bertz CT molecular complexity index is 892. The number of thiazole rings is 1. The Morgan fingerprint density at radius 1 is 1.19 bits per heavy atom. The van der Waals surface area contributed by atoms with Gasteiger partial charge in [-0.15, -0.1) is 11.3 Å². The number of ether oxygens (including phenoxy) is 1. The van der Waals surface area contributed by atoms with Crippen LogP contribution >= 0.6 is 11.3 Å². The first-order valence-corrected chi connectivity index (χ1v) is 10.1. The molecular formula is C20H23N3O2S. The van der Waals surface area contributed by atoms with E-state index in [0.717, 1.165) is 53.6 Å². The zero-order valence-electron chi connectivity index (χ0n) is 15.0. The minimum Gasteiger partial charge on any atom is -0.494 e. The van der Waals surface area contributed by atoms with Crippen LogP contribution in [0.3, 0.4) is 0 Å². The summed E-state index contributed by atoms with van der Waals surface area (Å²) in [5.74, 6) is 1.09. The van der Waals surface area contributed by atoms with E-state index in [-0.39, 0.29) is 5.91 Å². The molecule has 2 aromatic heterocycles. The van der Waals surface area contributed by atoms with Crippen molar-refractivity contribution in [2.24, 2.45) is 0 Å². The van der Waals surface area contributed by atoms with Crippen LogP contribution in [-0.2, 0) is 11.2 Å². The molecular weight excluding hydrogens is 346 g/mol. The van der Waals surface area contributed by atoms with Gasteiger partial charge in [0.15, 0.2) is 4.96 Å². The van der Waals surface area contributed by atoms with Crippen molar-refractivity contribution in [1.29, 1.82) is 0 Å². The molecule has 0 bridgehead atoms. The number of amides is 1. The fourth-order valence-corrected chi connectivity index (χ4v) is 4.27. The highest BCUT2D eigenvalue weighted by Crippen LogP contribution is 2.26. The van der Waals surface area contributed by atoms with E-state index >= 15 is 0 Å².